The molecule has 0 aliphatic heterocycles. The average molecular weight is 460 g/mol. The molecule has 0 aromatic carbocycles. The summed E-state index contributed by atoms with van der Waals surface area (Å²) in [5, 5.41) is 14.7. The van der Waals surface area contributed by atoms with Gasteiger partial charge in [0.25, 0.3) is 5.19 Å². The van der Waals surface area contributed by atoms with E-state index in [0.717, 1.165) is 8.71 Å². The summed E-state index contributed by atoms with van der Waals surface area (Å²) in [6.45, 7) is 1.93. The number of rotatable bonds is 9. The third-order valence-electron chi connectivity index (χ3n) is 1.99. The van der Waals surface area contributed by atoms with Crippen LogP contribution in [0.3, 0.4) is 0 Å². The first-order chi connectivity index (χ1) is 10.6. The van der Waals surface area contributed by atoms with Crippen LogP contribution < -0.4 is 15.7 Å². The van der Waals surface area contributed by atoms with E-state index in [9.17, 15) is 4.79 Å². The van der Waals surface area contributed by atoms with Crippen LogP contribution in [0.4, 0.5) is 0 Å². The van der Waals surface area contributed by atoms with Crippen LogP contribution in [-0.4, -0.2) is 41.4 Å². The standard InChI is InChI=1S/C10H15ClIN7O2S/c1-7(11)15-17-16-9(19(6-20)18-13-2)3-4-21-10-14-8(12)5-22-10/h5-7,13,18H,3-4H2,1-2H3/b16-9+,17-15?. The van der Waals surface area contributed by atoms with Crippen molar-refractivity contribution in [1.82, 2.24) is 21.0 Å². The smallest absolute Gasteiger partial charge is 0.274 e. The summed E-state index contributed by atoms with van der Waals surface area (Å²) in [5.74, 6) is 0.316. The maximum absolute atomic E-state index is 11.1. The zero-order chi connectivity index (χ0) is 16.4. The van der Waals surface area contributed by atoms with Crippen LogP contribution in [0.15, 0.2) is 20.8 Å². The number of nitrogens with zero attached hydrogens (tertiary/aromatic N) is 5. The first kappa shape index (κ1) is 19.2. The van der Waals surface area contributed by atoms with E-state index >= 15 is 0 Å². The number of carbonyl (C=O) groups is 1. The maximum atomic E-state index is 11.1. The third-order valence-corrected chi connectivity index (χ3v) is 3.81. The number of hydrogen-bond donors (Lipinski definition) is 2. The lowest BCUT2D eigenvalue weighted by molar-refractivity contribution is -0.117. The molecule has 0 radical (unpaired) electrons. The Morgan fingerprint density at radius 1 is 1.73 bits per heavy atom. The van der Waals surface area contributed by atoms with E-state index in [1.165, 1.54) is 11.3 Å². The third kappa shape index (κ3) is 7.40. The van der Waals surface area contributed by atoms with Gasteiger partial charge >= 0.3 is 0 Å². The highest BCUT2D eigenvalue weighted by molar-refractivity contribution is 14.1. The molecular weight excluding hydrogens is 445 g/mol. The number of aromatic nitrogens is 1. The molecule has 0 fully saturated rings. The highest BCUT2D eigenvalue weighted by atomic mass is 127. The molecule has 1 heterocycles. The van der Waals surface area contributed by atoms with E-state index in [-0.39, 0.29) is 6.61 Å². The SMILES string of the molecule is CNNN(C=O)/C(CCOc1nc(I)cs1)=N/N=NC(C)Cl. The van der Waals surface area contributed by atoms with Gasteiger partial charge < -0.3 is 4.74 Å². The van der Waals surface area contributed by atoms with Crippen LogP contribution >= 0.6 is 45.5 Å². The van der Waals surface area contributed by atoms with Crippen LogP contribution in [-0.2, 0) is 4.79 Å². The Morgan fingerprint density at radius 3 is 3.05 bits per heavy atom. The fraction of sp³-hybridized carbons (Fsp3) is 0.500. The van der Waals surface area contributed by atoms with Gasteiger partial charge in [0.05, 0.1) is 6.61 Å². The molecule has 1 atom stereocenters. The molecule has 22 heavy (non-hydrogen) atoms. The molecular formula is C10H15ClIN7O2S. The number of amidine groups is 1. The van der Waals surface area contributed by atoms with Gasteiger partial charge in [-0.25, -0.2) is 10.4 Å². The molecule has 9 nitrogen and oxygen atoms in total. The van der Waals surface area contributed by atoms with Gasteiger partial charge in [-0.3, -0.25) is 4.79 Å². The molecule has 0 spiro atoms. The van der Waals surface area contributed by atoms with E-state index in [1.54, 1.807) is 14.0 Å². The summed E-state index contributed by atoms with van der Waals surface area (Å²) in [6, 6.07) is 0. The number of hydrazine groups is 2. The molecule has 1 unspecified atom stereocenters. The zero-order valence-electron chi connectivity index (χ0n) is 11.9. The molecule has 1 rings (SSSR count). The number of nitrogens with one attached hydrogen (secondary N) is 2. The van der Waals surface area contributed by atoms with Crippen molar-refractivity contribution in [3.05, 3.63) is 9.08 Å². The summed E-state index contributed by atoms with van der Waals surface area (Å²) < 4.78 is 6.35. The molecule has 1 aromatic heterocycles. The molecule has 0 bridgehead atoms. The number of hydrogen-bond acceptors (Lipinski definition) is 8. The second kappa shape index (κ2) is 10.8. The average Bonchev–Trinajstić information content (AvgIpc) is 2.88. The van der Waals surface area contributed by atoms with E-state index in [2.05, 4.69) is 54.0 Å². The number of amides is 1. The van der Waals surface area contributed by atoms with Gasteiger partial charge in [0, 0.05) is 18.8 Å². The van der Waals surface area contributed by atoms with Crippen molar-refractivity contribution in [1.29, 1.82) is 0 Å². The van der Waals surface area contributed by atoms with E-state index < -0.39 is 5.50 Å². The van der Waals surface area contributed by atoms with Crippen molar-refractivity contribution in [2.24, 2.45) is 15.4 Å². The summed E-state index contributed by atoms with van der Waals surface area (Å²) in [4.78, 5) is 15.2. The van der Waals surface area contributed by atoms with Crippen molar-refractivity contribution < 1.29 is 9.53 Å². The zero-order valence-corrected chi connectivity index (χ0v) is 15.6. The number of ether oxygens (including phenoxy) is 1. The maximum Gasteiger partial charge on any atom is 0.274 e. The Labute approximate surface area is 150 Å². The highest BCUT2D eigenvalue weighted by Gasteiger charge is 2.11. The molecule has 1 aromatic rings. The predicted octanol–water partition coefficient (Wildman–Crippen LogP) is 1.96. The first-order valence-electron chi connectivity index (χ1n) is 6.08. The lowest BCUT2D eigenvalue weighted by Crippen LogP contribution is -2.48. The Kier molecular flexibility index (Phi) is 9.38. The van der Waals surface area contributed by atoms with Crippen molar-refractivity contribution in [3.8, 4) is 5.19 Å². The van der Waals surface area contributed by atoms with Crippen LogP contribution in [0.1, 0.15) is 13.3 Å². The summed E-state index contributed by atoms with van der Waals surface area (Å²) in [7, 11) is 1.62. The van der Waals surface area contributed by atoms with Gasteiger partial charge in [-0.15, -0.1) is 10.2 Å². The number of halogens is 2. The van der Waals surface area contributed by atoms with Gasteiger partial charge in [-0.1, -0.05) is 22.9 Å². The van der Waals surface area contributed by atoms with Gasteiger partial charge in [0.1, 0.15) is 9.20 Å². The molecule has 1 amide bonds. The Bertz CT molecular complexity index is 525. The number of carbonyl (C=O) groups excluding carboxylic acids is 1. The molecule has 0 saturated carbocycles. The summed E-state index contributed by atoms with van der Waals surface area (Å²) >= 11 is 9.15. The van der Waals surface area contributed by atoms with E-state index in [1.807, 2.05) is 5.38 Å². The lowest BCUT2D eigenvalue weighted by atomic mass is 10.4. The molecule has 2 N–H and O–H groups in total. The highest BCUT2D eigenvalue weighted by Crippen LogP contribution is 2.19. The normalized spacial score (nSPS) is 13.4. The minimum Gasteiger partial charge on any atom is -0.470 e. The fourth-order valence-corrected chi connectivity index (χ4v) is 2.53. The first-order valence-corrected chi connectivity index (χ1v) is 8.47. The van der Waals surface area contributed by atoms with Gasteiger partial charge in [-0.2, -0.15) is 10.5 Å². The molecule has 0 aliphatic rings. The van der Waals surface area contributed by atoms with E-state index in [4.69, 9.17) is 16.3 Å². The Hall–Kier alpha value is -0.890. The molecule has 0 saturated heterocycles. The largest absolute Gasteiger partial charge is 0.470 e. The predicted molar refractivity (Wildman–Crippen MR) is 92.6 cm³/mol. The number of alkyl halides is 1. The van der Waals surface area contributed by atoms with Crippen molar-refractivity contribution in [3.63, 3.8) is 0 Å². The van der Waals surface area contributed by atoms with Crippen molar-refractivity contribution in [2.45, 2.75) is 18.8 Å². The second-order valence-corrected chi connectivity index (χ2v) is 6.22. The van der Waals surface area contributed by atoms with Gasteiger partial charge in [0.2, 0.25) is 6.41 Å². The van der Waals surface area contributed by atoms with Gasteiger partial charge in [-0.05, 0) is 34.7 Å². The summed E-state index contributed by atoms with van der Waals surface area (Å²) in [5.41, 5.74) is 4.73. The van der Waals surface area contributed by atoms with Crippen LogP contribution in [0.25, 0.3) is 0 Å². The van der Waals surface area contributed by atoms with Crippen LogP contribution in [0.2, 0.25) is 0 Å². The quantitative estimate of drug-likeness (QED) is 0.0859. The number of thiazole rings is 1. The molecule has 12 heteroatoms. The topological polar surface area (TPSA) is 104 Å². The lowest BCUT2D eigenvalue weighted by Gasteiger charge is -2.18. The van der Waals surface area contributed by atoms with Crippen LogP contribution in [0.5, 0.6) is 5.19 Å². The monoisotopic (exact) mass is 459 g/mol. The second-order valence-electron chi connectivity index (χ2n) is 3.67. The fourth-order valence-electron chi connectivity index (χ4n) is 1.17. The van der Waals surface area contributed by atoms with E-state index in [0.29, 0.717) is 23.9 Å². The van der Waals surface area contributed by atoms with Gasteiger partial charge in [0.15, 0.2) is 5.84 Å². The Balaban J connectivity index is 2.65. The minimum atomic E-state index is -0.499. The molecule has 122 valence electrons. The van der Waals surface area contributed by atoms with Crippen molar-refractivity contribution in [2.75, 3.05) is 13.7 Å². The van der Waals surface area contributed by atoms with Crippen molar-refractivity contribution >= 4 is 57.8 Å². The van der Waals surface area contributed by atoms with Crippen LogP contribution in [0, 0.1) is 3.70 Å². The minimum absolute atomic E-state index is 0.282. The molecule has 0 aliphatic carbocycles. The Morgan fingerprint density at radius 2 is 2.50 bits per heavy atom. The summed E-state index contributed by atoms with van der Waals surface area (Å²) in [6.07, 6.45) is 0.876.